The molecule has 0 aromatic heterocycles. The number of nitrogens with zero attached hydrogens (tertiary/aromatic N) is 1. The highest BCUT2D eigenvalue weighted by atomic mass is 32.2. The van der Waals surface area contributed by atoms with E-state index in [-0.39, 0.29) is 23.0 Å². The zero-order valence-corrected chi connectivity index (χ0v) is 12.3. The molecule has 0 radical (unpaired) electrons. The molecule has 0 amide bonds. The van der Waals surface area contributed by atoms with Crippen molar-refractivity contribution in [2.45, 2.75) is 38.0 Å². The molecule has 2 rings (SSSR count). The fraction of sp³-hybridized carbons (Fsp3) is 0.571. The van der Waals surface area contributed by atoms with E-state index in [1.165, 1.54) is 16.4 Å². The molecule has 0 N–H and O–H groups in total. The Bertz CT molecular complexity index is 535. The van der Waals surface area contributed by atoms with Gasteiger partial charge in [0.25, 0.3) is 0 Å². The van der Waals surface area contributed by atoms with Crippen molar-refractivity contribution >= 4 is 10.0 Å². The van der Waals surface area contributed by atoms with Gasteiger partial charge in [-0.05, 0) is 36.5 Å². The summed E-state index contributed by atoms with van der Waals surface area (Å²) in [6.45, 7) is 3.96. The average molecular weight is 285 g/mol. The Hall–Kier alpha value is -0.940. The molecule has 0 bridgehead atoms. The summed E-state index contributed by atoms with van der Waals surface area (Å²) in [4.78, 5) is 0. The minimum atomic E-state index is -3.23. The van der Waals surface area contributed by atoms with Gasteiger partial charge in [0, 0.05) is 7.05 Å². The maximum absolute atomic E-state index is 13.0. The molecule has 5 heteroatoms. The summed E-state index contributed by atoms with van der Waals surface area (Å²) < 4.78 is 39.1. The molecule has 106 valence electrons. The molecule has 1 aromatic rings. The van der Waals surface area contributed by atoms with Gasteiger partial charge in [-0.2, -0.15) is 4.31 Å². The number of sulfonamides is 1. The van der Waals surface area contributed by atoms with Crippen molar-refractivity contribution in [2.75, 3.05) is 7.05 Å². The van der Waals surface area contributed by atoms with Crippen LogP contribution in [0, 0.1) is 11.7 Å². The Labute approximate surface area is 114 Å². The van der Waals surface area contributed by atoms with Crippen LogP contribution in [0.25, 0.3) is 0 Å². The number of hydrogen-bond acceptors (Lipinski definition) is 2. The predicted molar refractivity (Wildman–Crippen MR) is 73.7 cm³/mol. The van der Waals surface area contributed by atoms with E-state index in [0.717, 1.165) is 18.4 Å². The number of hydrogen-bond donors (Lipinski definition) is 0. The molecule has 1 aromatic carbocycles. The van der Waals surface area contributed by atoms with Crippen molar-refractivity contribution in [3.8, 4) is 0 Å². The van der Waals surface area contributed by atoms with Crippen LogP contribution in [0.1, 0.15) is 38.3 Å². The lowest BCUT2D eigenvalue weighted by molar-refractivity contribution is 0.300. The van der Waals surface area contributed by atoms with Crippen molar-refractivity contribution in [3.05, 3.63) is 35.6 Å². The molecule has 1 aliphatic carbocycles. The second-order valence-electron chi connectivity index (χ2n) is 5.50. The van der Waals surface area contributed by atoms with Gasteiger partial charge in [0.2, 0.25) is 10.0 Å². The fourth-order valence-corrected chi connectivity index (χ4v) is 4.32. The van der Waals surface area contributed by atoms with Gasteiger partial charge in [0.05, 0.1) is 11.3 Å². The van der Waals surface area contributed by atoms with Gasteiger partial charge >= 0.3 is 0 Å². The zero-order chi connectivity index (χ0) is 14.2. The molecule has 1 fully saturated rings. The third kappa shape index (κ3) is 2.98. The monoisotopic (exact) mass is 285 g/mol. The quantitative estimate of drug-likeness (QED) is 0.834. The topological polar surface area (TPSA) is 37.4 Å². The third-order valence-corrected chi connectivity index (χ3v) is 5.93. The highest BCUT2D eigenvalue weighted by Gasteiger charge is 2.41. The summed E-state index contributed by atoms with van der Waals surface area (Å²) in [7, 11) is -1.60. The van der Waals surface area contributed by atoms with Crippen molar-refractivity contribution in [3.63, 3.8) is 0 Å². The molecule has 0 heterocycles. The number of halogens is 1. The summed E-state index contributed by atoms with van der Waals surface area (Å²) >= 11 is 0. The minimum Gasteiger partial charge on any atom is -0.212 e. The molecule has 0 spiro atoms. The Kier molecular flexibility index (Phi) is 3.97. The SMILES string of the molecule is CC(C)C(c1ccc(F)cc1)N(C)S(=O)(=O)C1CC1. The van der Waals surface area contributed by atoms with Crippen molar-refractivity contribution in [2.24, 2.45) is 5.92 Å². The molecule has 1 atom stereocenters. The van der Waals surface area contributed by atoms with Crippen LogP contribution in [-0.4, -0.2) is 25.0 Å². The molecular formula is C14H20FNO2S. The van der Waals surface area contributed by atoms with Crippen molar-refractivity contribution in [1.29, 1.82) is 0 Å². The first-order chi connectivity index (χ1) is 8.84. The lowest BCUT2D eigenvalue weighted by Crippen LogP contribution is -2.36. The van der Waals surface area contributed by atoms with Crippen LogP contribution < -0.4 is 0 Å². The maximum Gasteiger partial charge on any atom is 0.217 e. The van der Waals surface area contributed by atoms with E-state index in [0.29, 0.717) is 0 Å². The Morgan fingerprint density at radius 2 is 1.74 bits per heavy atom. The standard InChI is InChI=1S/C14H20FNO2S/c1-10(2)14(11-4-6-12(15)7-5-11)16(3)19(17,18)13-8-9-13/h4-7,10,13-14H,8-9H2,1-3H3. The van der Waals surface area contributed by atoms with Crippen LogP contribution >= 0.6 is 0 Å². The maximum atomic E-state index is 13.0. The van der Waals surface area contributed by atoms with E-state index in [2.05, 4.69) is 0 Å². The fourth-order valence-electron chi connectivity index (χ4n) is 2.43. The van der Waals surface area contributed by atoms with Gasteiger partial charge in [-0.15, -0.1) is 0 Å². The zero-order valence-electron chi connectivity index (χ0n) is 11.5. The van der Waals surface area contributed by atoms with Crippen molar-refractivity contribution < 1.29 is 12.8 Å². The molecule has 1 aliphatic rings. The first kappa shape index (κ1) is 14.5. The molecule has 0 aliphatic heterocycles. The highest BCUT2D eigenvalue weighted by Crippen LogP contribution is 2.37. The second kappa shape index (κ2) is 5.21. The number of rotatable bonds is 5. The van der Waals surface area contributed by atoms with Crippen LogP contribution in [0.15, 0.2) is 24.3 Å². The lowest BCUT2D eigenvalue weighted by atomic mass is 9.96. The first-order valence-corrected chi connectivity index (χ1v) is 8.06. The van der Waals surface area contributed by atoms with Gasteiger partial charge in [-0.3, -0.25) is 0 Å². The molecule has 3 nitrogen and oxygen atoms in total. The van der Waals surface area contributed by atoms with Gasteiger partial charge in [-0.1, -0.05) is 26.0 Å². The van der Waals surface area contributed by atoms with E-state index in [1.54, 1.807) is 19.2 Å². The predicted octanol–water partition coefficient (Wildman–Crippen LogP) is 2.95. The van der Waals surface area contributed by atoms with Gasteiger partial charge in [0.15, 0.2) is 0 Å². The Morgan fingerprint density at radius 3 is 2.16 bits per heavy atom. The van der Waals surface area contributed by atoms with Gasteiger partial charge in [0.1, 0.15) is 5.82 Å². The van der Waals surface area contributed by atoms with Crippen LogP contribution in [0.5, 0.6) is 0 Å². The number of benzene rings is 1. The van der Waals surface area contributed by atoms with Crippen molar-refractivity contribution in [1.82, 2.24) is 4.31 Å². The summed E-state index contributed by atoms with van der Waals surface area (Å²) in [5, 5.41) is -0.223. The van der Waals surface area contributed by atoms with E-state index in [1.807, 2.05) is 13.8 Å². The second-order valence-corrected chi connectivity index (χ2v) is 7.77. The normalized spacial score (nSPS) is 18.0. The van der Waals surface area contributed by atoms with E-state index in [4.69, 9.17) is 0 Å². The summed E-state index contributed by atoms with van der Waals surface area (Å²) in [6, 6.07) is 5.84. The Balaban J connectivity index is 2.32. The third-order valence-electron chi connectivity index (χ3n) is 3.58. The van der Waals surface area contributed by atoms with Crippen LogP contribution in [0.3, 0.4) is 0 Å². The van der Waals surface area contributed by atoms with E-state index < -0.39 is 10.0 Å². The smallest absolute Gasteiger partial charge is 0.212 e. The molecule has 0 saturated heterocycles. The average Bonchev–Trinajstić information content (AvgIpc) is 3.15. The molecule has 19 heavy (non-hydrogen) atoms. The summed E-state index contributed by atoms with van der Waals surface area (Å²) in [6.07, 6.45) is 1.50. The van der Waals surface area contributed by atoms with Crippen LogP contribution in [0.4, 0.5) is 4.39 Å². The lowest BCUT2D eigenvalue weighted by Gasteiger charge is -2.31. The summed E-state index contributed by atoms with van der Waals surface area (Å²) in [5.74, 6) is -0.178. The molecule has 1 saturated carbocycles. The minimum absolute atomic E-state index is 0.129. The van der Waals surface area contributed by atoms with Crippen LogP contribution in [0.2, 0.25) is 0 Å². The van der Waals surface area contributed by atoms with Crippen LogP contribution in [-0.2, 0) is 10.0 Å². The van der Waals surface area contributed by atoms with E-state index >= 15 is 0 Å². The molecular weight excluding hydrogens is 265 g/mol. The highest BCUT2D eigenvalue weighted by molar-refractivity contribution is 7.90. The molecule has 1 unspecified atom stereocenters. The van der Waals surface area contributed by atoms with E-state index in [9.17, 15) is 12.8 Å². The van der Waals surface area contributed by atoms with Gasteiger partial charge in [-0.25, -0.2) is 12.8 Å². The summed E-state index contributed by atoms with van der Waals surface area (Å²) in [5.41, 5.74) is 0.836. The first-order valence-electron chi connectivity index (χ1n) is 6.56. The largest absolute Gasteiger partial charge is 0.217 e. The van der Waals surface area contributed by atoms with Gasteiger partial charge < -0.3 is 0 Å². The Morgan fingerprint density at radius 1 is 1.21 bits per heavy atom.